The normalized spacial score (nSPS) is 12.1. The quantitative estimate of drug-likeness (QED) is 0.786. The predicted molar refractivity (Wildman–Crippen MR) is 79.7 cm³/mol. The van der Waals surface area contributed by atoms with Crippen LogP contribution in [0.2, 0.25) is 5.02 Å². The number of nitrogens with one attached hydrogen (secondary N) is 1. The number of hydrogen-bond acceptors (Lipinski definition) is 7. The van der Waals surface area contributed by atoms with Crippen LogP contribution in [0.5, 0.6) is 0 Å². The molecule has 0 saturated heterocycles. The molecule has 0 fully saturated rings. The molecular weight excluding hydrogens is 326 g/mol. The Labute approximate surface area is 134 Å². The molecule has 0 unspecified atom stereocenters. The van der Waals surface area contributed by atoms with Gasteiger partial charge in [-0.15, -0.1) is 0 Å². The molecule has 3 aromatic rings. The molecule has 9 heteroatoms. The minimum atomic E-state index is -0.566. The summed E-state index contributed by atoms with van der Waals surface area (Å²) in [6.07, 6.45) is 1.40. The van der Waals surface area contributed by atoms with Gasteiger partial charge >= 0.3 is 0 Å². The number of aryl methyl sites for hydroxylation is 1. The summed E-state index contributed by atoms with van der Waals surface area (Å²) in [6.45, 7) is 1.68. The van der Waals surface area contributed by atoms with Crippen molar-refractivity contribution >= 4 is 29.2 Å². The van der Waals surface area contributed by atoms with E-state index in [9.17, 15) is 4.79 Å². The number of aromatic nitrogens is 4. The van der Waals surface area contributed by atoms with Gasteiger partial charge in [0.15, 0.2) is 11.5 Å². The maximum atomic E-state index is 12.2. The molecule has 3 rings (SSSR count). The van der Waals surface area contributed by atoms with E-state index < -0.39 is 6.04 Å². The summed E-state index contributed by atoms with van der Waals surface area (Å²) < 4.78 is 12.7. The first-order valence-corrected chi connectivity index (χ1v) is 7.38. The van der Waals surface area contributed by atoms with Crippen LogP contribution in [-0.2, 0) is 0 Å². The summed E-state index contributed by atoms with van der Waals surface area (Å²) in [5.41, 5.74) is 1.02. The van der Waals surface area contributed by atoms with Crippen LogP contribution in [0.15, 0.2) is 35.0 Å². The Balaban J connectivity index is 1.92. The molecule has 0 spiro atoms. The number of halogens is 1. The van der Waals surface area contributed by atoms with Crippen molar-refractivity contribution in [3.63, 3.8) is 0 Å². The molecule has 112 valence electrons. The Bertz CT molecular complexity index is 772. The van der Waals surface area contributed by atoms with Gasteiger partial charge in [-0.3, -0.25) is 4.79 Å². The second-order valence-corrected chi connectivity index (χ2v) is 5.42. The number of carbonyl (C=O) groups is 1. The largest absolute Gasteiger partial charge is 0.340 e. The van der Waals surface area contributed by atoms with Crippen LogP contribution < -0.4 is 5.32 Å². The van der Waals surface area contributed by atoms with E-state index in [1.54, 1.807) is 31.2 Å². The molecule has 1 N–H and O–H groups in total. The van der Waals surface area contributed by atoms with E-state index in [0.29, 0.717) is 16.7 Å². The van der Waals surface area contributed by atoms with Gasteiger partial charge in [-0.05, 0) is 17.7 Å². The lowest BCUT2D eigenvalue weighted by molar-refractivity contribution is 0.0937. The van der Waals surface area contributed by atoms with E-state index in [-0.39, 0.29) is 11.6 Å². The molecule has 22 heavy (non-hydrogen) atoms. The van der Waals surface area contributed by atoms with Crippen molar-refractivity contribution < 1.29 is 9.32 Å². The van der Waals surface area contributed by atoms with Crippen LogP contribution in [0.4, 0.5) is 0 Å². The van der Waals surface area contributed by atoms with Crippen LogP contribution in [0, 0.1) is 6.92 Å². The summed E-state index contributed by atoms with van der Waals surface area (Å²) in [5, 5.41) is 7.30. The molecule has 1 aromatic carbocycles. The Morgan fingerprint density at radius 3 is 2.73 bits per heavy atom. The predicted octanol–water partition coefficient (Wildman–Crippen LogP) is 2.40. The van der Waals surface area contributed by atoms with Gasteiger partial charge in [-0.25, -0.2) is 0 Å². The van der Waals surface area contributed by atoms with Gasteiger partial charge in [0.05, 0.1) is 17.9 Å². The van der Waals surface area contributed by atoms with Crippen LogP contribution in [-0.4, -0.2) is 24.8 Å². The number of carbonyl (C=O) groups excluding carboxylic acids is 1. The molecule has 2 heterocycles. The van der Waals surface area contributed by atoms with E-state index in [1.807, 2.05) is 0 Å². The maximum Gasteiger partial charge on any atom is 0.273 e. The molecule has 0 aliphatic carbocycles. The Hall–Kier alpha value is -2.32. The lowest BCUT2D eigenvalue weighted by Crippen LogP contribution is -2.30. The van der Waals surface area contributed by atoms with Crippen LogP contribution >= 0.6 is 23.3 Å². The zero-order chi connectivity index (χ0) is 15.5. The first kappa shape index (κ1) is 14.6. The molecule has 1 atom stereocenters. The van der Waals surface area contributed by atoms with Gasteiger partial charge in [-0.1, -0.05) is 28.9 Å². The lowest BCUT2D eigenvalue weighted by atomic mass is 10.1. The van der Waals surface area contributed by atoms with E-state index in [4.69, 9.17) is 16.1 Å². The first-order chi connectivity index (χ1) is 10.6. The van der Waals surface area contributed by atoms with Gasteiger partial charge < -0.3 is 9.84 Å². The van der Waals surface area contributed by atoms with Gasteiger partial charge in [0.25, 0.3) is 5.91 Å². The molecule has 2 aromatic heterocycles. The molecule has 1 amide bonds. The van der Waals surface area contributed by atoms with Gasteiger partial charge in [-0.2, -0.15) is 13.7 Å². The number of benzene rings is 1. The smallest absolute Gasteiger partial charge is 0.273 e. The summed E-state index contributed by atoms with van der Waals surface area (Å²) in [7, 11) is 0. The standard InChI is InChI=1S/C13H10ClN5O2S/c1-7-16-12(18-21-7)11(8-2-4-9(14)5-3-8)17-13(20)10-6-15-22-19-10/h2-6,11H,1H3,(H,17,20)/t11-/m1/s1. The fourth-order valence-corrected chi connectivity index (χ4v) is 2.39. The molecule has 0 aliphatic rings. The fraction of sp³-hybridized carbons (Fsp3) is 0.154. The molecule has 0 saturated carbocycles. The monoisotopic (exact) mass is 335 g/mol. The maximum absolute atomic E-state index is 12.2. The van der Waals surface area contributed by atoms with Crippen LogP contribution in [0.1, 0.15) is 33.8 Å². The summed E-state index contributed by atoms with van der Waals surface area (Å²) in [5.74, 6) is 0.408. The van der Waals surface area contributed by atoms with Crippen molar-refractivity contribution in [1.29, 1.82) is 0 Å². The minimum absolute atomic E-state index is 0.240. The first-order valence-electron chi connectivity index (χ1n) is 6.27. The average molecular weight is 336 g/mol. The molecule has 0 aliphatic heterocycles. The zero-order valence-corrected chi connectivity index (χ0v) is 12.9. The van der Waals surface area contributed by atoms with E-state index in [0.717, 1.165) is 17.3 Å². The third kappa shape index (κ3) is 3.12. The Kier molecular flexibility index (Phi) is 4.12. The third-order valence-electron chi connectivity index (χ3n) is 2.87. The molecule has 0 radical (unpaired) electrons. The SMILES string of the molecule is Cc1nc([C@H](NC(=O)c2cnsn2)c2ccc(Cl)cc2)no1. The van der Waals surface area contributed by atoms with Crippen molar-refractivity contribution in [2.75, 3.05) is 0 Å². The second kappa shape index (κ2) is 6.20. The number of amides is 1. The number of nitrogens with zero attached hydrogens (tertiary/aromatic N) is 4. The zero-order valence-electron chi connectivity index (χ0n) is 11.4. The Morgan fingerprint density at radius 2 is 2.14 bits per heavy atom. The van der Waals surface area contributed by atoms with Crippen LogP contribution in [0.25, 0.3) is 0 Å². The summed E-state index contributed by atoms with van der Waals surface area (Å²) in [6, 6.07) is 6.47. The minimum Gasteiger partial charge on any atom is -0.340 e. The second-order valence-electron chi connectivity index (χ2n) is 4.42. The number of hydrogen-bond donors (Lipinski definition) is 1. The summed E-state index contributed by atoms with van der Waals surface area (Å²) >= 11 is 6.86. The Morgan fingerprint density at radius 1 is 1.36 bits per heavy atom. The van der Waals surface area contributed by atoms with Crippen molar-refractivity contribution in [3.05, 3.63) is 58.5 Å². The van der Waals surface area contributed by atoms with Crippen molar-refractivity contribution in [3.8, 4) is 0 Å². The van der Waals surface area contributed by atoms with Gasteiger partial charge in [0.1, 0.15) is 6.04 Å². The number of rotatable bonds is 4. The third-order valence-corrected chi connectivity index (χ3v) is 3.60. The van der Waals surface area contributed by atoms with E-state index >= 15 is 0 Å². The highest BCUT2D eigenvalue weighted by Crippen LogP contribution is 2.22. The summed E-state index contributed by atoms with van der Waals surface area (Å²) in [4.78, 5) is 16.4. The highest BCUT2D eigenvalue weighted by Gasteiger charge is 2.23. The van der Waals surface area contributed by atoms with Gasteiger partial charge in [0.2, 0.25) is 5.89 Å². The van der Waals surface area contributed by atoms with Gasteiger partial charge in [0, 0.05) is 11.9 Å². The average Bonchev–Trinajstić information content (AvgIpc) is 3.17. The highest BCUT2D eigenvalue weighted by molar-refractivity contribution is 6.99. The highest BCUT2D eigenvalue weighted by atomic mass is 35.5. The van der Waals surface area contributed by atoms with Crippen molar-refractivity contribution in [2.45, 2.75) is 13.0 Å². The van der Waals surface area contributed by atoms with E-state index in [2.05, 4.69) is 24.2 Å². The van der Waals surface area contributed by atoms with E-state index in [1.165, 1.54) is 6.20 Å². The molecule has 7 nitrogen and oxygen atoms in total. The lowest BCUT2D eigenvalue weighted by Gasteiger charge is -2.15. The molecule has 0 bridgehead atoms. The fourth-order valence-electron chi connectivity index (χ4n) is 1.85. The van der Waals surface area contributed by atoms with Crippen molar-refractivity contribution in [1.82, 2.24) is 24.2 Å². The topological polar surface area (TPSA) is 93.8 Å². The molecular formula is C13H10ClN5O2S. The van der Waals surface area contributed by atoms with Crippen LogP contribution in [0.3, 0.4) is 0 Å². The van der Waals surface area contributed by atoms with Crippen molar-refractivity contribution in [2.24, 2.45) is 0 Å².